The molecule has 1 unspecified atom stereocenters. The molecular formula is C12H16N2O. The zero-order chi connectivity index (χ0) is 10.5. The van der Waals surface area contributed by atoms with Crippen molar-refractivity contribution in [3.63, 3.8) is 0 Å². The van der Waals surface area contributed by atoms with E-state index in [4.69, 9.17) is 0 Å². The Bertz CT molecular complexity index is 404. The van der Waals surface area contributed by atoms with Crippen LogP contribution in [0.3, 0.4) is 0 Å². The maximum Gasteiger partial charge on any atom is 0.140 e. The van der Waals surface area contributed by atoms with Crippen molar-refractivity contribution in [3.05, 3.63) is 18.0 Å². The summed E-state index contributed by atoms with van der Waals surface area (Å²) < 4.78 is 2.05. The molecule has 15 heavy (non-hydrogen) atoms. The molecule has 0 bridgehead atoms. The highest BCUT2D eigenvalue weighted by Crippen LogP contribution is 2.43. The molecule has 1 aromatic heterocycles. The zero-order valence-electron chi connectivity index (χ0n) is 9.07. The number of Topliss-reactive ketones (excluding diaryl/α,β-unsaturated/α-hetero) is 1. The van der Waals surface area contributed by atoms with Crippen LogP contribution in [-0.2, 0) is 10.3 Å². The van der Waals surface area contributed by atoms with Crippen molar-refractivity contribution >= 4 is 5.78 Å². The van der Waals surface area contributed by atoms with Crippen molar-refractivity contribution in [2.45, 2.75) is 50.5 Å². The van der Waals surface area contributed by atoms with Gasteiger partial charge in [-0.3, -0.25) is 9.48 Å². The van der Waals surface area contributed by atoms with Crippen LogP contribution in [0, 0.1) is 0 Å². The molecule has 0 spiro atoms. The first-order valence-corrected chi connectivity index (χ1v) is 5.77. The Morgan fingerprint density at radius 1 is 1.53 bits per heavy atom. The monoisotopic (exact) mass is 204 g/mol. The van der Waals surface area contributed by atoms with Gasteiger partial charge in [0.25, 0.3) is 0 Å². The minimum Gasteiger partial charge on any atom is -0.299 e. The molecule has 2 fully saturated rings. The van der Waals surface area contributed by atoms with Gasteiger partial charge >= 0.3 is 0 Å². The molecule has 0 aromatic carbocycles. The molecule has 1 aromatic rings. The fourth-order valence-corrected chi connectivity index (χ4v) is 2.39. The molecule has 1 heterocycles. The van der Waals surface area contributed by atoms with Gasteiger partial charge in [0, 0.05) is 24.1 Å². The van der Waals surface area contributed by atoms with Crippen molar-refractivity contribution < 1.29 is 4.79 Å². The van der Waals surface area contributed by atoms with E-state index >= 15 is 0 Å². The van der Waals surface area contributed by atoms with Crippen LogP contribution in [0.15, 0.2) is 12.4 Å². The minimum absolute atomic E-state index is 0.140. The lowest BCUT2D eigenvalue weighted by Crippen LogP contribution is -2.12. The van der Waals surface area contributed by atoms with E-state index in [1.54, 1.807) is 0 Å². The number of carbonyl (C=O) groups is 1. The molecule has 3 nitrogen and oxygen atoms in total. The van der Waals surface area contributed by atoms with Crippen LogP contribution < -0.4 is 0 Å². The molecule has 3 heteroatoms. The Balaban J connectivity index is 1.87. The summed E-state index contributed by atoms with van der Waals surface area (Å²) in [5.74, 6) is 0.539. The lowest BCUT2D eigenvalue weighted by atomic mass is 10.0. The first-order valence-electron chi connectivity index (χ1n) is 5.77. The van der Waals surface area contributed by atoms with Gasteiger partial charge in [-0.2, -0.15) is 5.10 Å². The van der Waals surface area contributed by atoms with E-state index in [2.05, 4.69) is 18.2 Å². The van der Waals surface area contributed by atoms with Gasteiger partial charge < -0.3 is 0 Å². The second-order valence-corrected chi connectivity index (χ2v) is 5.13. The third-order valence-corrected chi connectivity index (χ3v) is 3.84. The Hall–Kier alpha value is -1.12. The summed E-state index contributed by atoms with van der Waals surface area (Å²) in [7, 11) is 0. The number of ketones is 1. The molecular weight excluding hydrogens is 188 g/mol. The number of carbonyl (C=O) groups excluding carboxylic acids is 1. The largest absolute Gasteiger partial charge is 0.299 e. The zero-order valence-corrected chi connectivity index (χ0v) is 9.07. The minimum atomic E-state index is 0.140. The van der Waals surface area contributed by atoms with E-state index in [0.717, 1.165) is 24.8 Å². The molecule has 3 rings (SSSR count). The number of aromatic nitrogens is 2. The first kappa shape index (κ1) is 9.13. The van der Waals surface area contributed by atoms with E-state index in [9.17, 15) is 4.79 Å². The van der Waals surface area contributed by atoms with Crippen molar-refractivity contribution in [1.82, 2.24) is 9.78 Å². The van der Waals surface area contributed by atoms with Crippen LogP contribution in [-0.4, -0.2) is 15.6 Å². The molecule has 0 amide bonds. The number of hydrogen-bond donors (Lipinski definition) is 0. The maximum absolute atomic E-state index is 11.6. The molecule has 80 valence electrons. The second kappa shape index (κ2) is 2.94. The third kappa shape index (κ3) is 1.41. The summed E-state index contributed by atoms with van der Waals surface area (Å²) in [6, 6.07) is 0. The van der Waals surface area contributed by atoms with E-state index in [1.165, 1.54) is 12.8 Å². The normalized spacial score (nSPS) is 28.3. The predicted molar refractivity (Wildman–Crippen MR) is 56.7 cm³/mol. The van der Waals surface area contributed by atoms with Gasteiger partial charge in [-0.05, 0) is 32.6 Å². The van der Waals surface area contributed by atoms with E-state index < -0.39 is 0 Å². The Morgan fingerprint density at radius 2 is 2.33 bits per heavy atom. The lowest BCUT2D eigenvalue weighted by molar-refractivity contribution is -0.118. The molecule has 0 N–H and O–H groups in total. The fraction of sp³-hybridized carbons (Fsp3) is 0.667. The lowest BCUT2D eigenvalue weighted by Gasteiger charge is -2.08. The number of hydrogen-bond acceptors (Lipinski definition) is 2. The van der Waals surface area contributed by atoms with Gasteiger partial charge in [-0.25, -0.2) is 0 Å². The van der Waals surface area contributed by atoms with Crippen LogP contribution in [0.5, 0.6) is 0 Å². The highest BCUT2D eigenvalue weighted by atomic mass is 16.1. The smallest absolute Gasteiger partial charge is 0.140 e. The molecule has 0 saturated heterocycles. The highest BCUT2D eigenvalue weighted by molar-refractivity contribution is 5.87. The second-order valence-electron chi connectivity index (χ2n) is 5.13. The summed E-state index contributed by atoms with van der Waals surface area (Å²) in [5.41, 5.74) is 1.38. The van der Waals surface area contributed by atoms with E-state index in [0.29, 0.717) is 5.78 Å². The summed E-state index contributed by atoms with van der Waals surface area (Å²) in [5, 5.41) is 4.39. The quantitative estimate of drug-likeness (QED) is 0.740. The third-order valence-electron chi connectivity index (χ3n) is 3.84. The average molecular weight is 204 g/mol. The standard InChI is InChI=1S/C12H16N2O/c1-12(5-6-12)14-8-9(7-13-14)10-3-2-4-11(10)15/h7-8,10H,2-6H2,1H3. The van der Waals surface area contributed by atoms with Gasteiger partial charge in [0.15, 0.2) is 0 Å². The average Bonchev–Trinajstić information content (AvgIpc) is 2.70. The molecule has 0 radical (unpaired) electrons. The van der Waals surface area contributed by atoms with Gasteiger partial charge in [-0.1, -0.05) is 0 Å². The molecule has 2 aliphatic rings. The van der Waals surface area contributed by atoms with Crippen molar-refractivity contribution in [3.8, 4) is 0 Å². The summed E-state index contributed by atoms with van der Waals surface area (Å²) >= 11 is 0. The van der Waals surface area contributed by atoms with E-state index in [-0.39, 0.29) is 11.5 Å². The van der Waals surface area contributed by atoms with Gasteiger partial charge in [0.05, 0.1) is 11.7 Å². The topological polar surface area (TPSA) is 34.9 Å². The van der Waals surface area contributed by atoms with Crippen molar-refractivity contribution in [2.24, 2.45) is 0 Å². The Morgan fingerprint density at radius 3 is 2.93 bits per heavy atom. The molecule has 1 atom stereocenters. The molecule has 2 saturated carbocycles. The molecule has 2 aliphatic carbocycles. The molecule has 0 aliphatic heterocycles. The van der Waals surface area contributed by atoms with Gasteiger partial charge in [0.2, 0.25) is 0 Å². The number of nitrogens with zero attached hydrogens (tertiary/aromatic N) is 2. The maximum atomic E-state index is 11.6. The van der Waals surface area contributed by atoms with Gasteiger partial charge in [-0.15, -0.1) is 0 Å². The SMILES string of the molecule is CC1(n2cc(C3CCCC3=O)cn2)CC1. The summed E-state index contributed by atoms with van der Waals surface area (Å²) in [6.45, 7) is 2.22. The first-order chi connectivity index (χ1) is 7.19. The van der Waals surface area contributed by atoms with Gasteiger partial charge in [0.1, 0.15) is 5.78 Å². The van der Waals surface area contributed by atoms with Crippen LogP contribution in [0.1, 0.15) is 50.5 Å². The van der Waals surface area contributed by atoms with Crippen LogP contribution >= 0.6 is 0 Å². The van der Waals surface area contributed by atoms with E-state index in [1.807, 2.05) is 10.9 Å². The van der Waals surface area contributed by atoms with Crippen LogP contribution in [0.2, 0.25) is 0 Å². The highest BCUT2D eigenvalue weighted by Gasteiger charge is 2.40. The Labute approximate surface area is 89.5 Å². The van der Waals surface area contributed by atoms with Crippen LogP contribution in [0.25, 0.3) is 0 Å². The number of rotatable bonds is 2. The Kier molecular flexibility index (Phi) is 1.79. The fourth-order valence-electron chi connectivity index (χ4n) is 2.39. The predicted octanol–water partition coefficient (Wildman–Crippen LogP) is 2.23. The van der Waals surface area contributed by atoms with Crippen LogP contribution in [0.4, 0.5) is 0 Å². The summed E-state index contributed by atoms with van der Waals surface area (Å²) in [4.78, 5) is 11.6. The summed E-state index contributed by atoms with van der Waals surface area (Å²) in [6.07, 6.45) is 9.22. The van der Waals surface area contributed by atoms with Crippen molar-refractivity contribution in [1.29, 1.82) is 0 Å². The van der Waals surface area contributed by atoms with Crippen molar-refractivity contribution in [2.75, 3.05) is 0 Å².